The number of aryl methyl sites for hydroxylation is 1. The van der Waals surface area contributed by atoms with Gasteiger partial charge in [0, 0.05) is 29.2 Å². The first kappa shape index (κ1) is 48.0. The molecule has 6 aromatic rings. The molecule has 0 aliphatic carbocycles. The molecule has 66 heavy (non-hydrogen) atoms. The van der Waals surface area contributed by atoms with Crippen LogP contribution in [0.2, 0.25) is 0 Å². The van der Waals surface area contributed by atoms with Crippen LogP contribution in [-0.4, -0.2) is 83.4 Å². The molecule has 1 fully saturated rings. The van der Waals surface area contributed by atoms with Gasteiger partial charge in [-0.05, 0) is 87.0 Å². The van der Waals surface area contributed by atoms with Crippen LogP contribution in [0.1, 0.15) is 62.6 Å². The van der Waals surface area contributed by atoms with Crippen molar-refractivity contribution in [2.75, 3.05) is 39.4 Å². The van der Waals surface area contributed by atoms with Gasteiger partial charge in [-0.1, -0.05) is 91.0 Å². The number of amides is 1. The van der Waals surface area contributed by atoms with Gasteiger partial charge in [-0.2, -0.15) is 0 Å². The highest BCUT2D eigenvalue weighted by Gasteiger charge is 2.54. The van der Waals surface area contributed by atoms with Crippen molar-refractivity contribution in [2.24, 2.45) is 0 Å². The number of carbonyl (C=O) groups is 1. The fourth-order valence-corrected chi connectivity index (χ4v) is 9.94. The van der Waals surface area contributed by atoms with Crippen LogP contribution < -0.4 is 26.0 Å². The normalized spacial score (nSPS) is 17.9. The number of aliphatic hydroxyl groups is 1. The minimum Gasteiger partial charge on any atom is -0.497 e. The van der Waals surface area contributed by atoms with Crippen molar-refractivity contribution in [3.05, 3.63) is 171 Å². The summed E-state index contributed by atoms with van der Waals surface area (Å²) in [5.74, 6) is -0.867. The van der Waals surface area contributed by atoms with Crippen LogP contribution in [0, 0.1) is 6.92 Å². The highest BCUT2D eigenvalue weighted by Crippen LogP contribution is 2.54. The van der Waals surface area contributed by atoms with Crippen molar-refractivity contribution in [2.45, 2.75) is 76.8 Å². The Bertz CT molecular complexity index is 2620. The van der Waals surface area contributed by atoms with Gasteiger partial charge in [0.15, 0.2) is 0 Å². The average molecular weight is 921 g/mol. The maximum absolute atomic E-state index is 13.4. The summed E-state index contributed by atoms with van der Waals surface area (Å²) in [7, 11) is 1.07. The van der Waals surface area contributed by atoms with Gasteiger partial charge in [-0.25, -0.2) is 14.3 Å². The Morgan fingerprint density at radius 3 is 2.06 bits per heavy atom. The Balaban J connectivity index is 1.22. The topological polar surface area (TPSA) is 172 Å². The van der Waals surface area contributed by atoms with Crippen molar-refractivity contribution in [1.82, 2.24) is 14.2 Å². The van der Waals surface area contributed by atoms with Crippen LogP contribution in [0.5, 0.6) is 11.5 Å². The highest BCUT2D eigenvalue weighted by atomic mass is 31.2. The van der Waals surface area contributed by atoms with Gasteiger partial charge in [0.05, 0.1) is 39.5 Å². The van der Waals surface area contributed by atoms with E-state index in [1.807, 2.05) is 148 Å². The molecule has 0 bridgehead atoms. The van der Waals surface area contributed by atoms with Gasteiger partial charge in [-0.3, -0.25) is 24.2 Å². The fraction of sp³-hybridized carbons (Fsp3) is 0.340. The first-order valence-electron chi connectivity index (χ1n) is 21.8. The van der Waals surface area contributed by atoms with Gasteiger partial charge in [0.2, 0.25) is 5.79 Å². The minimum absolute atomic E-state index is 0.0865. The maximum Gasteiger partial charge on any atom is 0.411 e. The number of ether oxygens (including phenoxy) is 5. The second kappa shape index (κ2) is 21.2. The van der Waals surface area contributed by atoms with Crippen molar-refractivity contribution in [1.29, 1.82) is 0 Å². The van der Waals surface area contributed by atoms with Crippen LogP contribution in [0.4, 0.5) is 10.5 Å². The zero-order valence-electron chi connectivity index (χ0n) is 38.1. The summed E-state index contributed by atoms with van der Waals surface area (Å²) in [5.41, 5.74) is 0.561. The van der Waals surface area contributed by atoms with Gasteiger partial charge in [0.1, 0.15) is 36.0 Å². The molecular formula is C50H57N4O11P. The number of anilines is 1. The number of hydrogen-bond donors (Lipinski definition) is 3. The monoisotopic (exact) mass is 920 g/mol. The SMILES string of the molecule is COc1ccc(C(OC[C@H]2O[C@@H](n3cc(C)c(=O)[nH]c3=O)C[C@]2(O)OP(OCCOC(=O)Nc2cccc3ccccc23)N(C(C)C)C(C)C)(c2ccccc2)c2ccc(OC)cc2)cc1. The molecule has 348 valence electrons. The number of nitrogens with one attached hydrogen (secondary N) is 2. The molecule has 2 heterocycles. The molecule has 3 N–H and O–H groups in total. The highest BCUT2D eigenvalue weighted by molar-refractivity contribution is 7.44. The lowest BCUT2D eigenvalue weighted by molar-refractivity contribution is -0.201. The third-order valence-electron chi connectivity index (χ3n) is 11.4. The molecule has 1 aliphatic rings. The van der Waals surface area contributed by atoms with E-state index in [0.717, 1.165) is 27.5 Å². The Morgan fingerprint density at radius 1 is 0.848 bits per heavy atom. The molecule has 7 rings (SSSR count). The number of nitrogens with zero attached hydrogens (tertiary/aromatic N) is 2. The number of carbonyl (C=O) groups excluding carboxylic acids is 1. The molecule has 4 atom stereocenters. The van der Waals surface area contributed by atoms with E-state index in [2.05, 4.69) is 10.3 Å². The quantitative estimate of drug-likeness (QED) is 0.0306. The molecule has 1 aromatic heterocycles. The number of rotatable bonds is 19. The van der Waals surface area contributed by atoms with Crippen molar-refractivity contribution >= 4 is 31.1 Å². The Morgan fingerprint density at radius 2 is 1.44 bits per heavy atom. The smallest absolute Gasteiger partial charge is 0.411 e. The van der Waals surface area contributed by atoms with E-state index in [0.29, 0.717) is 17.2 Å². The number of H-pyrrole nitrogens is 1. The lowest BCUT2D eigenvalue weighted by atomic mass is 9.80. The Hall–Kier alpha value is -5.90. The molecule has 15 nitrogen and oxygen atoms in total. The van der Waals surface area contributed by atoms with E-state index in [4.69, 9.17) is 32.7 Å². The predicted molar refractivity (Wildman–Crippen MR) is 253 cm³/mol. The number of aromatic amines is 1. The van der Waals surface area contributed by atoms with Crippen LogP contribution >= 0.6 is 8.53 Å². The van der Waals surface area contributed by atoms with Crippen LogP contribution in [0.3, 0.4) is 0 Å². The molecule has 5 aromatic carbocycles. The fourth-order valence-electron chi connectivity index (χ4n) is 8.21. The second-order valence-corrected chi connectivity index (χ2v) is 17.8. The first-order chi connectivity index (χ1) is 31.8. The largest absolute Gasteiger partial charge is 0.497 e. The molecule has 1 unspecified atom stereocenters. The first-order valence-corrected chi connectivity index (χ1v) is 22.9. The van der Waals surface area contributed by atoms with Crippen molar-refractivity contribution in [3.8, 4) is 11.5 Å². The lowest BCUT2D eigenvalue weighted by Crippen LogP contribution is -2.47. The molecule has 0 radical (unpaired) electrons. The molecule has 1 amide bonds. The number of benzene rings is 5. The number of fused-ring (bicyclic) bond motifs is 1. The molecule has 16 heteroatoms. The third-order valence-corrected chi connectivity index (χ3v) is 13.6. The number of hydrogen-bond acceptors (Lipinski definition) is 12. The molecule has 1 aliphatic heterocycles. The summed E-state index contributed by atoms with van der Waals surface area (Å²) < 4.78 is 46.9. The zero-order valence-corrected chi connectivity index (χ0v) is 39.0. The van der Waals surface area contributed by atoms with Crippen LogP contribution in [0.15, 0.2) is 137 Å². The summed E-state index contributed by atoms with van der Waals surface area (Å²) in [6, 6.07) is 37.8. The van der Waals surface area contributed by atoms with Gasteiger partial charge in [-0.15, -0.1) is 0 Å². The van der Waals surface area contributed by atoms with Crippen molar-refractivity contribution < 1.29 is 42.6 Å². The summed E-state index contributed by atoms with van der Waals surface area (Å²) in [4.78, 5) is 41.2. The van der Waals surface area contributed by atoms with Gasteiger partial charge >= 0.3 is 11.8 Å². The van der Waals surface area contributed by atoms with Crippen LogP contribution in [-0.2, 0) is 28.9 Å². The summed E-state index contributed by atoms with van der Waals surface area (Å²) in [6.07, 6.45) is -1.88. The summed E-state index contributed by atoms with van der Waals surface area (Å²) >= 11 is 0. The molecule has 0 saturated carbocycles. The standard InChI is InChI=1S/C50H57N4O11P/c1-33(2)54(34(3)4)66(63-29-28-61-48(57)51-43-19-13-15-36-14-11-12-18-42(36)43)65-49(58)30-45(53-31-35(5)46(55)52-47(53)56)64-44(49)32-62-50(37-16-9-8-10-17-37,38-20-24-40(59-6)25-21-38)39-22-26-41(60-7)27-23-39/h8-27,31,33-34,44-45,58H,28-30,32H2,1-7H3,(H,51,57)(H,52,55,56)/t44-,45-,49+,66?/m1/s1. The number of aromatic nitrogens is 2. The van der Waals surface area contributed by atoms with Crippen LogP contribution in [0.25, 0.3) is 10.8 Å². The molecular weight excluding hydrogens is 864 g/mol. The predicted octanol–water partition coefficient (Wildman–Crippen LogP) is 8.63. The molecule has 1 saturated heterocycles. The summed E-state index contributed by atoms with van der Waals surface area (Å²) in [6.45, 7) is 9.00. The Labute approximate surface area is 385 Å². The van der Waals surface area contributed by atoms with Gasteiger partial charge < -0.3 is 33.3 Å². The van der Waals surface area contributed by atoms with E-state index in [1.165, 1.54) is 10.8 Å². The maximum atomic E-state index is 13.4. The third kappa shape index (κ3) is 10.5. The van der Waals surface area contributed by atoms with Crippen molar-refractivity contribution in [3.63, 3.8) is 0 Å². The second-order valence-electron chi connectivity index (χ2n) is 16.4. The minimum atomic E-state index is -2.16. The van der Waals surface area contributed by atoms with E-state index in [9.17, 15) is 19.5 Å². The number of methoxy groups -OCH3 is 2. The average Bonchev–Trinajstić information content (AvgIpc) is 3.64. The van der Waals surface area contributed by atoms with E-state index in [-0.39, 0.29) is 43.9 Å². The molecule has 0 spiro atoms. The Kier molecular flexibility index (Phi) is 15.4. The summed E-state index contributed by atoms with van der Waals surface area (Å²) in [5, 5.41) is 17.6. The zero-order chi connectivity index (χ0) is 47.0. The van der Waals surface area contributed by atoms with E-state index in [1.54, 1.807) is 27.2 Å². The van der Waals surface area contributed by atoms with E-state index >= 15 is 0 Å². The van der Waals surface area contributed by atoms with E-state index < -0.39 is 49.6 Å². The lowest BCUT2D eigenvalue weighted by Gasteiger charge is -2.41. The van der Waals surface area contributed by atoms with Gasteiger partial charge in [0.25, 0.3) is 14.1 Å².